The van der Waals surface area contributed by atoms with E-state index in [1.807, 2.05) is 6.92 Å². The molecule has 0 bridgehead atoms. The Morgan fingerprint density at radius 2 is 1.12 bits per heavy atom. The molecule has 0 fully saturated rings. The van der Waals surface area contributed by atoms with Crippen molar-refractivity contribution in [1.29, 1.82) is 0 Å². The normalized spacial score (nSPS) is 11.5. The highest BCUT2D eigenvalue weighted by Gasteiger charge is 2.42. The first-order valence-electron chi connectivity index (χ1n) is 14.4. The number of ether oxygens (including phenoxy) is 2. The van der Waals surface area contributed by atoms with Gasteiger partial charge in [0.2, 0.25) is 0 Å². The fourth-order valence-corrected chi connectivity index (χ4v) is 5.16. The fourth-order valence-electron chi connectivity index (χ4n) is 5.16. The van der Waals surface area contributed by atoms with E-state index in [1.54, 1.807) is 6.07 Å². The largest absolute Gasteiger partial charge is 0.453 e. The molecule has 0 atom stereocenters. The molecule has 260 valence electrons. The van der Waals surface area contributed by atoms with Gasteiger partial charge in [-0.3, -0.25) is 0 Å². The molecule has 14 heteroatoms. The van der Waals surface area contributed by atoms with E-state index in [0.29, 0.717) is 18.6 Å². The lowest BCUT2D eigenvalue weighted by molar-refractivity contribution is -0.189. The summed E-state index contributed by atoms with van der Waals surface area (Å²) in [6, 6.07) is 9.57. The van der Waals surface area contributed by atoms with Crippen LogP contribution in [0.3, 0.4) is 0 Å². The molecule has 0 aliphatic rings. The second kappa shape index (κ2) is 14.2. The highest BCUT2D eigenvalue weighted by Crippen LogP contribution is 2.40. The maximum absolute atomic E-state index is 15.2. The number of halogens is 12. The smallest absolute Gasteiger partial charge is 0.432 e. The van der Waals surface area contributed by atoms with Crippen molar-refractivity contribution < 1.29 is 62.2 Å². The van der Waals surface area contributed by atoms with E-state index >= 15 is 13.2 Å². The van der Waals surface area contributed by atoms with E-state index in [2.05, 4.69) is 9.47 Å². The van der Waals surface area contributed by atoms with Crippen LogP contribution in [0.1, 0.15) is 24.5 Å². The third kappa shape index (κ3) is 7.43. The summed E-state index contributed by atoms with van der Waals surface area (Å²) in [6.07, 6.45) is -6.39. The van der Waals surface area contributed by atoms with Crippen LogP contribution in [0, 0.1) is 46.5 Å². The van der Waals surface area contributed by atoms with Gasteiger partial charge in [-0.05, 0) is 65.1 Å². The number of hydrogen-bond acceptors (Lipinski definition) is 2. The maximum atomic E-state index is 15.2. The maximum Gasteiger partial charge on any atom is 0.432 e. The number of aryl methyl sites for hydroxylation is 1. The zero-order valence-electron chi connectivity index (χ0n) is 25.3. The molecule has 0 spiro atoms. The molecular formula is C36H20F12O2. The average Bonchev–Trinajstić information content (AvgIpc) is 2.99. The Morgan fingerprint density at radius 3 is 1.66 bits per heavy atom. The first-order valence-corrected chi connectivity index (χ1v) is 14.4. The Labute approximate surface area is 275 Å². The van der Waals surface area contributed by atoms with Crippen molar-refractivity contribution in [3.05, 3.63) is 143 Å². The molecule has 0 saturated heterocycles. The minimum absolute atomic E-state index is 0.0616. The monoisotopic (exact) mass is 712 g/mol. The zero-order valence-corrected chi connectivity index (χ0v) is 25.3. The van der Waals surface area contributed by atoms with Gasteiger partial charge in [-0.15, -0.1) is 0 Å². The lowest BCUT2D eigenvalue weighted by Crippen LogP contribution is -2.25. The van der Waals surface area contributed by atoms with Crippen LogP contribution in [-0.4, -0.2) is 0 Å². The predicted molar refractivity (Wildman–Crippen MR) is 158 cm³/mol. The van der Waals surface area contributed by atoms with E-state index in [9.17, 15) is 39.5 Å². The first kappa shape index (κ1) is 35.9. The van der Waals surface area contributed by atoms with Crippen LogP contribution >= 0.6 is 0 Å². The summed E-state index contributed by atoms with van der Waals surface area (Å²) in [5.74, 6) is -15.0. The topological polar surface area (TPSA) is 18.5 Å². The van der Waals surface area contributed by atoms with E-state index < -0.39 is 86.9 Å². The minimum Gasteiger partial charge on any atom is -0.453 e. The second-order valence-corrected chi connectivity index (χ2v) is 10.7. The molecule has 2 nitrogen and oxygen atoms in total. The highest BCUT2D eigenvalue weighted by atomic mass is 19.3. The predicted octanol–water partition coefficient (Wildman–Crippen LogP) is 12.0. The fraction of sp³-hybridized carbons (Fsp3) is 0.111. The van der Waals surface area contributed by atoms with Gasteiger partial charge in [-0.25, -0.2) is 35.1 Å². The van der Waals surface area contributed by atoms with Crippen molar-refractivity contribution in [2.45, 2.75) is 25.9 Å². The Hall–Kier alpha value is -5.40. The van der Waals surface area contributed by atoms with Crippen molar-refractivity contribution in [2.75, 3.05) is 0 Å². The van der Waals surface area contributed by atoms with Crippen LogP contribution < -0.4 is 9.47 Å². The summed E-state index contributed by atoms with van der Waals surface area (Å²) in [6.45, 7) is 1.92. The molecule has 5 aromatic carbocycles. The van der Waals surface area contributed by atoms with Gasteiger partial charge in [0.05, 0.1) is 5.56 Å². The number of alkyl halides is 2. The third-order valence-corrected chi connectivity index (χ3v) is 7.31. The zero-order chi connectivity index (χ0) is 36.5. The van der Waals surface area contributed by atoms with Gasteiger partial charge >= 0.3 is 12.2 Å². The Kier molecular flexibility index (Phi) is 10.2. The Balaban J connectivity index is 1.43. The van der Waals surface area contributed by atoms with Crippen LogP contribution in [0.15, 0.2) is 85.1 Å². The van der Waals surface area contributed by atoms with Crippen molar-refractivity contribution in [3.8, 4) is 44.9 Å². The van der Waals surface area contributed by atoms with Gasteiger partial charge in [-0.2, -0.15) is 17.6 Å². The SMILES string of the molecule is CCCc1ccc(-c2ccc(-c3cc(F)c(-c4cc(F)c(C(F)(F)Oc5cc(F)c(OC=C(F)F)c(F)c5)c(F)c4)c(F)c3)c(F)c2)c(F)c1. The second-order valence-electron chi connectivity index (χ2n) is 10.7. The molecule has 0 radical (unpaired) electrons. The first-order chi connectivity index (χ1) is 23.6. The van der Waals surface area contributed by atoms with Gasteiger partial charge in [0.15, 0.2) is 23.6 Å². The van der Waals surface area contributed by atoms with Crippen LogP contribution in [-0.2, 0) is 12.5 Å². The molecule has 0 amide bonds. The summed E-state index contributed by atoms with van der Waals surface area (Å²) in [4.78, 5) is 0. The Morgan fingerprint density at radius 1 is 0.600 bits per heavy atom. The molecule has 0 aromatic heterocycles. The minimum atomic E-state index is -4.98. The number of hydrogen-bond donors (Lipinski definition) is 0. The molecule has 5 aromatic rings. The van der Waals surface area contributed by atoms with Crippen molar-refractivity contribution in [2.24, 2.45) is 0 Å². The van der Waals surface area contributed by atoms with Crippen LogP contribution in [0.2, 0.25) is 0 Å². The highest BCUT2D eigenvalue weighted by molar-refractivity contribution is 5.75. The van der Waals surface area contributed by atoms with Gasteiger partial charge in [-0.1, -0.05) is 37.6 Å². The summed E-state index contributed by atoms with van der Waals surface area (Å²) in [5.41, 5.74) is -3.79. The van der Waals surface area contributed by atoms with Crippen molar-refractivity contribution in [3.63, 3.8) is 0 Å². The third-order valence-electron chi connectivity index (χ3n) is 7.31. The molecule has 50 heavy (non-hydrogen) atoms. The van der Waals surface area contributed by atoms with Crippen LogP contribution in [0.25, 0.3) is 33.4 Å². The number of benzene rings is 5. The molecule has 0 unspecified atom stereocenters. The van der Waals surface area contributed by atoms with Crippen molar-refractivity contribution in [1.82, 2.24) is 0 Å². The van der Waals surface area contributed by atoms with Gasteiger partial charge < -0.3 is 9.47 Å². The molecule has 0 N–H and O–H groups in total. The van der Waals surface area contributed by atoms with E-state index in [0.717, 1.165) is 24.1 Å². The van der Waals surface area contributed by atoms with E-state index in [4.69, 9.17) is 0 Å². The summed E-state index contributed by atoms with van der Waals surface area (Å²) in [7, 11) is 0. The van der Waals surface area contributed by atoms with Gasteiger partial charge in [0.1, 0.15) is 46.2 Å². The summed E-state index contributed by atoms with van der Waals surface area (Å²) in [5, 5.41) is 0. The molecule has 5 rings (SSSR count). The quantitative estimate of drug-likeness (QED) is 0.106. The van der Waals surface area contributed by atoms with Crippen LogP contribution in [0.4, 0.5) is 52.7 Å². The van der Waals surface area contributed by atoms with Crippen LogP contribution in [0.5, 0.6) is 11.5 Å². The Bertz CT molecular complexity index is 2050. The molecule has 0 aliphatic heterocycles. The summed E-state index contributed by atoms with van der Waals surface area (Å²) < 4.78 is 181. The molecule has 0 saturated carbocycles. The molecule has 0 heterocycles. The molecule has 0 aliphatic carbocycles. The van der Waals surface area contributed by atoms with Crippen molar-refractivity contribution >= 4 is 0 Å². The van der Waals surface area contributed by atoms with E-state index in [-0.39, 0.29) is 52.8 Å². The number of rotatable bonds is 10. The lowest BCUT2D eigenvalue weighted by Gasteiger charge is -2.20. The lowest BCUT2D eigenvalue weighted by atomic mass is 9.95. The average molecular weight is 713 g/mol. The van der Waals surface area contributed by atoms with E-state index in [1.165, 1.54) is 18.2 Å². The standard InChI is InChI=1S/C36H20F12O2/c1-2-3-17-4-6-22(24(37)8-17)18-5-7-23(25(38)9-18)19-10-26(39)33(27(40)11-19)20-12-28(41)34(29(42)13-20)36(47,48)50-21-14-30(43)35(31(44)15-21)49-16-32(45)46/h4-16H,2-3H2,1H3. The van der Waals surface area contributed by atoms with Gasteiger partial charge in [0.25, 0.3) is 0 Å². The summed E-state index contributed by atoms with van der Waals surface area (Å²) >= 11 is 0. The van der Waals surface area contributed by atoms with Gasteiger partial charge in [0, 0.05) is 23.3 Å². The molecular weight excluding hydrogens is 692 g/mol.